The zero-order valence-corrected chi connectivity index (χ0v) is 14.2. The lowest BCUT2D eigenvalue weighted by molar-refractivity contribution is -0.144. The van der Waals surface area contributed by atoms with Crippen LogP contribution in [-0.2, 0) is 15.8 Å². The standard InChI is InChI=1S/C19H17F3N2O3/c20-19(21,22)14-8-6-13(7-9-14)17(26)18(27)23-10-11-24(16(25)12-23)15-4-2-1-3-5-15/h1-9,17,26H,10-12H2/t17-/m0/s1. The van der Waals surface area contributed by atoms with Crippen LogP contribution < -0.4 is 4.90 Å². The van der Waals surface area contributed by atoms with Crippen molar-refractivity contribution in [2.24, 2.45) is 0 Å². The highest BCUT2D eigenvalue weighted by Gasteiger charge is 2.33. The highest BCUT2D eigenvalue weighted by molar-refractivity contribution is 5.98. The summed E-state index contributed by atoms with van der Waals surface area (Å²) in [6, 6.07) is 12.7. The summed E-state index contributed by atoms with van der Waals surface area (Å²) in [7, 11) is 0. The summed E-state index contributed by atoms with van der Waals surface area (Å²) in [6.45, 7) is 0.289. The molecule has 0 unspecified atom stereocenters. The molecule has 0 saturated carbocycles. The topological polar surface area (TPSA) is 60.9 Å². The van der Waals surface area contributed by atoms with Gasteiger partial charge in [0.15, 0.2) is 6.10 Å². The fraction of sp³-hybridized carbons (Fsp3) is 0.263. The van der Waals surface area contributed by atoms with Crippen molar-refractivity contribution in [1.82, 2.24) is 4.90 Å². The van der Waals surface area contributed by atoms with E-state index < -0.39 is 23.8 Å². The van der Waals surface area contributed by atoms with Gasteiger partial charge in [0, 0.05) is 18.8 Å². The lowest BCUT2D eigenvalue weighted by atomic mass is 10.1. The van der Waals surface area contributed by atoms with Crippen LogP contribution in [0.25, 0.3) is 0 Å². The van der Waals surface area contributed by atoms with Gasteiger partial charge in [-0.1, -0.05) is 30.3 Å². The molecule has 0 radical (unpaired) electrons. The Hall–Kier alpha value is -2.87. The highest BCUT2D eigenvalue weighted by atomic mass is 19.4. The number of aliphatic hydroxyl groups excluding tert-OH is 1. The van der Waals surface area contributed by atoms with Crippen LogP contribution in [-0.4, -0.2) is 41.5 Å². The van der Waals surface area contributed by atoms with Crippen molar-refractivity contribution in [3.05, 3.63) is 65.7 Å². The number of nitrogens with zero attached hydrogens (tertiary/aromatic N) is 2. The number of hydrogen-bond acceptors (Lipinski definition) is 3. The van der Waals surface area contributed by atoms with Gasteiger partial charge in [0.2, 0.25) is 5.91 Å². The number of benzene rings is 2. The fourth-order valence-electron chi connectivity index (χ4n) is 2.91. The zero-order valence-electron chi connectivity index (χ0n) is 14.2. The van der Waals surface area contributed by atoms with Gasteiger partial charge >= 0.3 is 6.18 Å². The number of rotatable bonds is 3. The summed E-state index contributed by atoms with van der Waals surface area (Å²) in [4.78, 5) is 27.6. The lowest BCUT2D eigenvalue weighted by Gasteiger charge is -2.35. The molecule has 2 aromatic rings. The van der Waals surface area contributed by atoms with E-state index in [1.54, 1.807) is 29.2 Å². The lowest BCUT2D eigenvalue weighted by Crippen LogP contribution is -2.53. The van der Waals surface area contributed by atoms with Gasteiger partial charge in [-0.05, 0) is 29.8 Å². The third kappa shape index (κ3) is 4.11. The van der Waals surface area contributed by atoms with E-state index in [0.29, 0.717) is 0 Å². The Morgan fingerprint density at radius 2 is 1.63 bits per heavy atom. The predicted octanol–water partition coefficient (Wildman–Crippen LogP) is 2.61. The number of carbonyl (C=O) groups excluding carboxylic acids is 2. The van der Waals surface area contributed by atoms with Crippen molar-refractivity contribution < 1.29 is 27.9 Å². The van der Waals surface area contributed by atoms with Crippen molar-refractivity contribution in [1.29, 1.82) is 0 Å². The van der Waals surface area contributed by atoms with Crippen LogP contribution in [0.5, 0.6) is 0 Å². The maximum atomic E-state index is 12.6. The molecule has 1 heterocycles. The molecule has 1 atom stereocenters. The van der Waals surface area contributed by atoms with Crippen LogP contribution in [0.1, 0.15) is 17.2 Å². The Balaban J connectivity index is 1.67. The summed E-state index contributed by atoms with van der Waals surface area (Å²) in [6.07, 6.45) is -6.11. The average molecular weight is 378 g/mol. The minimum Gasteiger partial charge on any atom is -0.378 e. The Labute approximate surface area is 153 Å². The molecule has 27 heavy (non-hydrogen) atoms. The van der Waals surface area contributed by atoms with E-state index in [1.165, 1.54) is 4.90 Å². The van der Waals surface area contributed by atoms with Gasteiger partial charge in [-0.3, -0.25) is 9.59 Å². The minimum atomic E-state index is -4.49. The molecule has 0 spiro atoms. The minimum absolute atomic E-state index is 0.0472. The van der Waals surface area contributed by atoms with Gasteiger partial charge in [0.1, 0.15) is 6.54 Å². The Kier molecular flexibility index (Phi) is 5.18. The summed E-state index contributed by atoms with van der Waals surface area (Å²) in [5, 5.41) is 10.2. The Morgan fingerprint density at radius 3 is 2.19 bits per heavy atom. The third-order valence-electron chi connectivity index (χ3n) is 4.39. The van der Waals surface area contributed by atoms with E-state index in [2.05, 4.69) is 0 Å². The van der Waals surface area contributed by atoms with Gasteiger partial charge in [-0.25, -0.2) is 0 Å². The summed E-state index contributed by atoms with van der Waals surface area (Å²) < 4.78 is 37.8. The normalized spacial score (nSPS) is 16.4. The molecular formula is C19H17F3N2O3. The number of alkyl halides is 3. The van der Waals surface area contributed by atoms with Gasteiger partial charge in [-0.15, -0.1) is 0 Å². The smallest absolute Gasteiger partial charge is 0.378 e. The molecule has 142 valence electrons. The van der Waals surface area contributed by atoms with E-state index in [4.69, 9.17) is 0 Å². The number of amides is 2. The zero-order chi connectivity index (χ0) is 19.6. The molecule has 0 aromatic heterocycles. The number of carbonyl (C=O) groups is 2. The number of piperazine rings is 1. The first kappa shape index (κ1) is 18.9. The molecule has 1 saturated heterocycles. The predicted molar refractivity (Wildman–Crippen MR) is 91.8 cm³/mol. The fourth-order valence-corrected chi connectivity index (χ4v) is 2.91. The third-order valence-corrected chi connectivity index (χ3v) is 4.39. The van der Waals surface area contributed by atoms with E-state index in [0.717, 1.165) is 30.0 Å². The molecule has 1 aliphatic rings. The van der Waals surface area contributed by atoms with Crippen LogP contribution in [0.3, 0.4) is 0 Å². The molecule has 0 aliphatic carbocycles. The Bertz CT molecular complexity index is 822. The van der Waals surface area contributed by atoms with Crippen molar-refractivity contribution in [3.8, 4) is 0 Å². The van der Waals surface area contributed by atoms with Crippen molar-refractivity contribution in [2.75, 3.05) is 24.5 Å². The van der Waals surface area contributed by atoms with Crippen LogP contribution in [0, 0.1) is 0 Å². The van der Waals surface area contributed by atoms with Crippen molar-refractivity contribution in [2.45, 2.75) is 12.3 Å². The molecule has 1 N–H and O–H groups in total. The maximum Gasteiger partial charge on any atom is 0.416 e. The van der Waals surface area contributed by atoms with Gasteiger partial charge in [0.25, 0.3) is 5.91 Å². The van der Waals surface area contributed by atoms with Crippen LogP contribution in [0.15, 0.2) is 54.6 Å². The van der Waals surface area contributed by atoms with Gasteiger partial charge < -0.3 is 14.9 Å². The van der Waals surface area contributed by atoms with Gasteiger partial charge in [0.05, 0.1) is 5.56 Å². The first-order valence-corrected chi connectivity index (χ1v) is 8.27. The molecular weight excluding hydrogens is 361 g/mol. The van der Waals surface area contributed by atoms with Crippen molar-refractivity contribution in [3.63, 3.8) is 0 Å². The SMILES string of the molecule is O=C([C@@H](O)c1ccc(C(F)(F)F)cc1)N1CCN(c2ccccc2)C(=O)C1. The van der Waals surface area contributed by atoms with Crippen LogP contribution in [0.4, 0.5) is 18.9 Å². The summed E-state index contributed by atoms with van der Waals surface area (Å²) in [5.41, 5.74) is -0.0959. The number of aliphatic hydroxyl groups is 1. The van der Waals surface area contributed by atoms with Crippen LogP contribution in [0.2, 0.25) is 0 Å². The molecule has 8 heteroatoms. The van der Waals surface area contributed by atoms with E-state index in [9.17, 15) is 27.9 Å². The first-order chi connectivity index (χ1) is 12.8. The van der Waals surface area contributed by atoms with E-state index in [-0.39, 0.29) is 31.1 Å². The molecule has 0 bridgehead atoms. The molecule has 2 aromatic carbocycles. The monoisotopic (exact) mass is 378 g/mol. The maximum absolute atomic E-state index is 12.6. The molecule has 5 nitrogen and oxygen atoms in total. The molecule has 2 amide bonds. The highest BCUT2D eigenvalue weighted by Crippen LogP contribution is 2.30. The summed E-state index contributed by atoms with van der Waals surface area (Å²) >= 11 is 0. The average Bonchev–Trinajstić information content (AvgIpc) is 2.67. The molecule has 1 aliphatic heterocycles. The second-order valence-corrected chi connectivity index (χ2v) is 6.16. The number of halogens is 3. The quantitative estimate of drug-likeness (QED) is 0.893. The van der Waals surface area contributed by atoms with Gasteiger partial charge in [-0.2, -0.15) is 13.2 Å². The van der Waals surface area contributed by atoms with E-state index >= 15 is 0 Å². The second kappa shape index (κ2) is 7.40. The van der Waals surface area contributed by atoms with Crippen LogP contribution >= 0.6 is 0 Å². The summed E-state index contributed by atoms with van der Waals surface area (Å²) in [5.74, 6) is -1.00. The molecule has 3 rings (SSSR count). The number of para-hydroxylation sites is 1. The molecule has 1 fully saturated rings. The number of hydrogen-bond donors (Lipinski definition) is 1. The number of anilines is 1. The largest absolute Gasteiger partial charge is 0.416 e. The second-order valence-electron chi connectivity index (χ2n) is 6.16. The van der Waals surface area contributed by atoms with E-state index in [1.807, 2.05) is 6.07 Å². The Morgan fingerprint density at radius 1 is 1.00 bits per heavy atom. The first-order valence-electron chi connectivity index (χ1n) is 8.27. The van der Waals surface area contributed by atoms with Crippen molar-refractivity contribution >= 4 is 17.5 Å².